The van der Waals surface area contributed by atoms with E-state index in [9.17, 15) is 4.79 Å². The van der Waals surface area contributed by atoms with Crippen LogP contribution in [0.3, 0.4) is 0 Å². The van der Waals surface area contributed by atoms with Gasteiger partial charge in [0.05, 0.1) is 24.3 Å². The number of benzene rings is 1. The van der Waals surface area contributed by atoms with Crippen molar-refractivity contribution in [2.24, 2.45) is 10.2 Å². The molecule has 1 aliphatic heterocycles. The number of carbonyl (C=O) groups excluding carboxylic acids is 1. The topological polar surface area (TPSA) is 71.1 Å². The number of thioether (sulfide) groups is 1. The van der Waals surface area contributed by atoms with Gasteiger partial charge >= 0.3 is 0 Å². The molecule has 0 spiro atoms. The molecule has 1 aromatic carbocycles. The maximum Gasteiger partial charge on any atom is 0.242 e. The molecule has 1 atom stereocenters. The molecule has 1 aliphatic rings. The monoisotopic (exact) mass is 418 g/mol. The third kappa shape index (κ3) is 4.68. The Morgan fingerprint density at radius 2 is 2.00 bits per heavy atom. The maximum absolute atomic E-state index is 13.2. The molecule has 7 heteroatoms. The first-order valence-corrected chi connectivity index (χ1v) is 10.6. The highest BCUT2D eigenvalue weighted by molar-refractivity contribution is 8.15. The van der Waals surface area contributed by atoms with Gasteiger partial charge in [-0.15, -0.1) is 5.10 Å². The number of hydrogen-bond acceptors (Lipinski definition) is 6. The number of amidine groups is 1. The van der Waals surface area contributed by atoms with Crippen molar-refractivity contribution in [1.29, 1.82) is 0 Å². The Labute approximate surface area is 179 Å². The number of furan rings is 1. The number of aromatic nitrogens is 1. The molecule has 0 aliphatic carbocycles. The van der Waals surface area contributed by atoms with Crippen molar-refractivity contribution in [2.45, 2.75) is 32.1 Å². The van der Waals surface area contributed by atoms with Gasteiger partial charge in [0.25, 0.3) is 0 Å². The van der Waals surface area contributed by atoms with Crippen molar-refractivity contribution in [2.75, 3.05) is 0 Å². The highest BCUT2D eigenvalue weighted by Crippen LogP contribution is 2.31. The summed E-state index contributed by atoms with van der Waals surface area (Å²) in [6.07, 6.45) is 7.30. The van der Waals surface area contributed by atoms with Gasteiger partial charge in [0.1, 0.15) is 5.76 Å². The van der Waals surface area contributed by atoms with E-state index < -0.39 is 0 Å². The van der Waals surface area contributed by atoms with Gasteiger partial charge in [-0.05, 0) is 66.8 Å². The van der Waals surface area contributed by atoms with Crippen molar-refractivity contribution in [3.8, 4) is 0 Å². The van der Waals surface area contributed by atoms with Crippen LogP contribution in [0.15, 0.2) is 75.7 Å². The minimum absolute atomic E-state index is 0.0208. The highest BCUT2D eigenvalue weighted by Gasteiger charge is 2.38. The van der Waals surface area contributed by atoms with Gasteiger partial charge in [0.15, 0.2) is 5.17 Å². The summed E-state index contributed by atoms with van der Waals surface area (Å²) in [5.41, 5.74) is 4.51. The lowest BCUT2D eigenvalue weighted by atomic mass is 10.0. The van der Waals surface area contributed by atoms with E-state index in [1.807, 2.05) is 24.3 Å². The van der Waals surface area contributed by atoms with Crippen LogP contribution in [-0.2, 0) is 17.8 Å². The summed E-state index contributed by atoms with van der Waals surface area (Å²) in [5, 5.41) is 8.88. The number of pyridine rings is 1. The third-order valence-corrected chi connectivity index (χ3v) is 6.13. The van der Waals surface area contributed by atoms with Gasteiger partial charge in [0, 0.05) is 12.4 Å². The third-order valence-electron chi connectivity index (χ3n) is 4.96. The van der Waals surface area contributed by atoms with Gasteiger partial charge in [-0.1, -0.05) is 30.0 Å². The van der Waals surface area contributed by atoms with Crippen molar-refractivity contribution < 1.29 is 9.21 Å². The molecule has 152 valence electrons. The Morgan fingerprint density at radius 1 is 1.17 bits per heavy atom. The van der Waals surface area contributed by atoms with Crippen LogP contribution in [0.2, 0.25) is 0 Å². The van der Waals surface area contributed by atoms with E-state index in [0.29, 0.717) is 23.9 Å². The molecule has 0 bridgehead atoms. The molecular formula is C23H22N4O2S. The lowest BCUT2D eigenvalue weighted by molar-refractivity contribution is -0.126. The summed E-state index contributed by atoms with van der Waals surface area (Å²) in [4.78, 5) is 18.8. The van der Waals surface area contributed by atoms with E-state index in [4.69, 9.17) is 4.42 Å². The quantitative estimate of drug-likeness (QED) is 0.440. The predicted molar refractivity (Wildman–Crippen MR) is 120 cm³/mol. The minimum atomic E-state index is -0.239. The fraction of sp³-hybridized carbons (Fsp3) is 0.217. The average molecular weight is 419 g/mol. The summed E-state index contributed by atoms with van der Waals surface area (Å²) in [6, 6.07) is 13.7. The Balaban J connectivity index is 1.56. The molecule has 1 fully saturated rings. The van der Waals surface area contributed by atoms with Crippen molar-refractivity contribution in [3.63, 3.8) is 0 Å². The number of carbonyl (C=O) groups is 1. The fourth-order valence-corrected chi connectivity index (χ4v) is 4.29. The molecule has 3 aromatic rings. The first-order valence-electron chi connectivity index (χ1n) is 9.68. The second-order valence-electron chi connectivity index (χ2n) is 7.14. The van der Waals surface area contributed by atoms with E-state index in [-0.39, 0.29) is 11.2 Å². The number of aryl methyl sites for hydroxylation is 2. The Kier molecular flexibility index (Phi) is 6.09. The second-order valence-corrected chi connectivity index (χ2v) is 8.31. The van der Waals surface area contributed by atoms with E-state index in [2.05, 4.69) is 47.2 Å². The summed E-state index contributed by atoms with van der Waals surface area (Å²) in [6.45, 7) is 4.52. The van der Waals surface area contributed by atoms with Crippen molar-refractivity contribution in [3.05, 3.63) is 89.1 Å². The van der Waals surface area contributed by atoms with Gasteiger partial charge < -0.3 is 4.42 Å². The van der Waals surface area contributed by atoms with Crippen LogP contribution >= 0.6 is 11.8 Å². The van der Waals surface area contributed by atoms with Crippen LogP contribution < -0.4 is 0 Å². The molecule has 2 aromatic heterocycles. The fourth-order valence-electron chi connectivity index (χ4n) is 3.16. The largest absolute Gasteiger partial charge is 0.467 e. The zero-order valence-corrected chi connectivity index (χ0v) is 17.7. The van der Waals surface area contributed by atoms with Crippen LogP contribution in [-0.4, -0.2) is 32.4 Å². The summed E-state index contributed by atoms with van der Waals surface area (Å²) in [7, 11) is 0. The molecule has 4 rings (SSSR count). The van der Waals surface area contributed by atoms with Gasteiger partial charge in [0.2, 0.25) is 5.91 Å². The van der Waals surface area contributed by atoms with Crippen LogP contribution in [0.25, 0.3) is 0 Å². The number of rotatable bonds is 6. The highest BCUT2D eigenvalue weighted by atomic mass is 32.2. The minimum Gasteiger partial charge on any atom is -0.467 e. The van der Waals surface area contributed by atoms with Crippen molar-refractivity contribution in [1.82, 2.24) is 9.88 Å². The SMILES string of the molecule is Cc1ccc(C[C@@H]2S/C(=N\N=C/c3ccncc3)N(Cc3ccco3)C2=O)cc1C. The zero-order valence-electron chi connectivity index (χ0n) is 16.9. The lowest BCUT2D eigenvalue weighted by Crippen LogP contribution is -2.32. The first-order chi connectivity index (χ1) is 14.6. The first kappa shape index (κ1) is 20.1. The lowest BCUT2D eigenvalue weighted by Gasteiger charge is -2.14. The van der Waals surface area contributed by atoms with Gasteiger partial charge in [-0.25, -0.2) is 0 Å². The van der Waals surface area contributed by atoms with E-state index in [0.717, 1.165) is 11.1 Å². The number of hydrogen-bond donors (Lipinski definition) is 0. The molecule has 0 unspecified atom stereocenters. The predicted octanol–water partition coefficient (Wildman–Crippen LogP) is 4.37. The Hall–Kier alpha value is -3.19. The summed E-state index contributed by atoms with van der Waals surface area (Å²) >= 11 is 1.45. The van der Waals surface area contributed by atoms with Crippen LogP contribution in [0.5, 0.6) is 0 Å². The summed E-state index contributed by atoms with van der Waals surface area (Å²) < 4.78 is 5.44. The Bertz CT molecular complexity index is 1080. The molecule has 1 amide bonds. The molecule has 3 heterocycles. The number of amides is 1. The second kappa shape index (κ2) is 9.09. The molecule has 0 saturated carbocycles. The average Bonchev–Trinajstić information content (AvgIpc) is 3.36. The normalized spacial score (nSPS) is 18.1. The zero-order chi connectivity index (χ0) is 20.9. The smallest absolute Gasteiger partial charge is 0.242 e. The maximum atomic E-state index is 13.2. The van der Waals surface area contributed by atoms with Gasteiger partial charge in [-0.3, -0.25) is 14.7 Å². The Morgan fingerprint density at radius 3 is 2.73 bits per heavy atom. The molecule has 0 radical (unpaired) electrons. The van der Waals surface area contributed by atoms with Crippen LogP contribution in [0.4, 0.5) is 0 Å². The van der Waals surface area contributed by atoms with Gasteiger partial charge in [-0.2, -0.15) is 5.10 Å². The van der Waals surface area contributed by atoms with E-state index in [1.165, 1.54) is 22.9 Å². The molecular weight excluding hydrogens is 396 g/mol. The van der Waals surface area contributed by atoms with E-state index >= 15 is 0 Å². The molecule has 30 heavy (non-hydrogen) atoms. The number of nitrogens with zero attached hydrogens (tertiary/aromatic N) is 4. The molecule has 0 N–H and O–H groups in total. The van der Waals surface area contributed by atoms with Crippen LogP contribution in [0, 0.1) is 13.8 Å². The summed E-state index contributed by atoms with van der Waals surface area (Å²) in [5.74, 6) is 0.731. The molecule has 1 saturated heterocycles. The van der Waals surface area contributed by atoms with E-state index in [1.54, 1.807) is 29.8 Å². The molecule has 6 nitrogen and oxygen atoms in total. The standard InChI is InChI=1S/C23H22N4O2S/c1-16-5-6-19(12-17(16)2)13-21-22(28)27(15-20-4-3-11-29-20)23(30-21)26-25-14-18-7-9-24-10-8-18/h3-12,14,21H,13,15H2,1-2H3/b25-14-,26-23-/t21-/m0/s1. The van der Waals surface area contributed by atoms with Crippen LogP contribution in [0.1, 0.15) is 28.0 Å². The van der Waals surface area contributed by atoms with Crippen molar-refractivity contribution >= 4 is 29.1 Å².